The molecule has 3 rings (SSSR count). The van der Waals surface area contributed by atoms with Crippen molar-refractivity contribution in [3.8, 4) is 0 Å². The standard InChI is InChI=1S/C19H18BrN3O3/c1-3-22-16-7-5-4-6-14(16)18(25)23(19(22)26)11-17(24)21-15-9-8-13(20)10-12(15)2/h4-10H,3,11H2,1-2H3,(H,21,24). The first-order valence-electron chi connectivity index (χ1n) is 8.20. The summed E-state index contributed by atoms with van der Waals surface area (Å²) in [6, 6.07) is 12.4. The van der Waals surface area contributed by atoms with Crippen LogP contribution < -0.4 is 16.6 Å². The highest BCUT2D eigenvalue weighted by Gasteiger charge is 2.15. The van der Waals surface area contributed by atoms with Gasteiger partial charge in [0.05, 0.1) is 10.9 Å². The van der Waals surface area contributed by atoms with Gasteiger partial charge in [0.15, 0.2) is 0 Å². The molecule has 3 aromatic rings. The van der Waals surface area contributed by atoms with Gasteiger partial charge in [-0.25, -0.2) is 4.79 Å². The molecule has 2 aromatic carbocycles. The smallest absolute Gasteiger partial charge is 0.324 e. The summed E-state index contributed by atoms with van der Waals surface area (Å²) < 4.78 is 3.38. The SMILES string of the molecule is CCn1c(=O)n(CC(=O)Nc2ccc(Br)cc2C)c(=O)c2ccccc21. The van der Waals surface area contributed by atoms with Crippen LogP contribution >= 0.6 is 15.9 Å². The van der Waals surface area contributed by atoms with Gasteiger partial charge in [0, 0.05) is 16.7 Å². The lowest BCUT2D eigenvalue weighted by atomic mass is 10.2. The molecule has 0 saturated carbocycles. The summed E-state index contributed by atoms with van der Waals surface area (Å²) in [5.74, 6) is -0.424. The van der Waals surface area contributed by atoms with E-state index in [4.69, 9.17) is 0 Å². The lowest BCUT2D eigenvalue weighted by Gasteiger charge is -2.13. The Morgan fingerprint density at radius 1 is 1.12 bits per heavy atom. The molecule has 1 amide bonds. The van der Waals surface area contributed by atoms with E-state index < -0.39 is 17.2 Å². The third-order valence-corrected chi connectivity index (χ3v) is 4.71. The van der Waals surface area contributed by atoms with Crippen molar-refractivity contribution in [3.63, 3.8) is 0 Å². The second-order valence-electron chi connectivity index (χ2n) is 5.94. The fraction of sp³-hybridized carbons (Fsp3) is 0.211. The zero-order chi connectivity index (χ0) is 18.8. The average molecular weight is 416 g/mol. The summed E-state index contributed by atoms with van der Waals surface area (Å²) in [6.45, 7) is 3.77. The maximum atomic E-state index is 12.7. The number of aryl methyl sites for hydroxylation is 2. The Labute approximate surface area is 158 Å². The quantitative estimate of drug-likeness (QED) is 0.711. The number of hydrogen-bond acceptors (Lipinski definition) is 3. The van der Waals surface area contributed by atoms with Crippen molar-refractivity contribution >= 4 is 38.4 Å². The third-order valence-electron chi connectivity index (χ3n) is 4.21. The molecule has 0 aliphatic rings. The van der Waals surface area contributed by atoms with Crippen LogP contribution in [0.4, 0.5) is 5.69 Å². The molecule has 1 N–H and O–H groups in total. The summed E-state index contributed by atoms with van der Waals surface area (Å²) in [5, 5.41) is 3.18. The van der Waals surface area contributed by atoms with Gasteiger partial charge in [0.1, 0.15) is 6.54 Å². The summed E-state index contributed by atoms with van der Waals surface area (Å²) in [5.41, 5.74) is 1.15. The largest absolute Gasteiger partial charge is 0.331 e. The molecule has 26 heavy (non-hydrogen) atoms. The van der Waals surface area contributed by atoms with Crippen LogP contribution in [0.3, 0.4) is 0 Å². The number of para-hydroxylation sites is 1. The number of nitrogens with one attached hydrogen (secondary N) is 1. The Bertz CT molecular complexity index is 1120. The van der Waals surface area contributed by atoms with E-state index in [1.165, 1.54) is 4.57 Å². The minimum atomic E-state index is -0.487. The number of halogens is 1. The summed E-state index contributed by atoms with van der Waals surface area (Å²) in [7, 11) is 0. The van der Waals surface area contributed by atoms with Crippen LogP contribution in [0.25, 0.3) is 10.9 Å². The first kappa shape index (κ1) is 18.1. The Morgan fingerprint density at radius 3 is 2.54 bits per heavy atom. The average Bonchev–Trinajstić information content (AvgIpc) is 2.61. The molecular weight excluding hydrogens is 398 g/mol. The van der Waals surface area contributed by atoms with Crippen molar-refractivity contribution in [1.29, 1.82) is 0 Å². The van der Waals surface area contributed by atoms with Crippen LogP contribution in [0, 0.1) is 6.92 Å². The van der Waals surface area contributed by atoms with Gasteiger partial charge in [-0.1, -0.05) is 28.1 Å². The van der Waals surface area contributed by atoms with Crippen molar-refractivity contribution in [1.82, 2.24) is 9.13 Å². The molecule has 0 unspecified atom stereocenters. The van der Waals surface area contributed by atoms with Gasteiger partial charge in [-0.2, -0.15) is 0 Å². The van der Waals surface area contributed by atoms with E-state index in [9.17, 15) is 14.4 Å². The fourth-order valence-corrected chi connectivity index (χ4v) is 3.39. The minimum absolute atomic E-state index is 0.335. The number of aromatic nitrogens is 2. The lowest BCUT2D eigenvalue weighted by molar-refractivity contribution is -0.116. The van der Waals surface area contributed by atoms with Gasteiger partial charge in [0.2, 0.25) is 5.91 Å². The second kappa shape index (κ2) is 7.29. The Morgan fingerprint density at radius 2 is 1.85 bits per heavy atom. The summed E-state index contributed by atoms with van der Waals surface area (Å²) >= 11 is 3.37. The Balaban J connectivity index is 1.99. The maximum absolute atomic E-state index is 12.7. The molecule has 0 fully saturated rings. The fourth-order valence-electron chi connectivity index (χ4n) is 2.92. The van der Waals surface area contributed by atoms with Gasteiger partial charge in [-0.3, -0.25) is 18.7 Å². The van der Waals surface area contributed by atoms with E-state index in [1.807, 2.05) is 26.0 Å². The van der Waals surface area contributed by atoms with Crippen LogP contribution in [0.2, 0.25) is 0 Å². The van der Waals surface area contributed by atoms with Crippen LogP contribution in [0.5, 0.6) is 0 Å². The summed E-state index contributed by atoms with van der Waals surface area (Å²) in [6.07, 6.45) is 0. The number of nitrogens with zero attached hydrogens (tertiary/aromatic N) is 2. The number of carbonyl (C=O) groups excluding carboxylic acids is 1. The van der Waals surface area contributed by atoms with Gasteiger partial charge >= 0.3 is 5.69 Å². The van der Waals surface area contributed by atoms with E-state index in [0.717, 1.165) is 14.6 Å². The van der Waals surface area contributed by atoms with Crippen LogP contribution in [0.1, 0.15) is 12.5 Å². The molecule has 1 aromatic heterocycles. The highest BCUT2D eigenvalue weighted by atomic mass is 79.9. The maximum Gasteiger partial charge on any atom is 0.331 e. The number of carbonyl (C=O) groups is 1. The lowest BCUT2D eigenvalue weighted by Crippen LogP contribution is -2.42. The van der Waals surface area contributed by atoms with E-state index >= 15 is 0 Å². The van der Waals surface area contributed by atoms with Crippen molar-refractivity contribution in [2.75, 3.05) is 5.32 Å². The molecule has 6 nitrogen and oxygen atoms in total. The molecule has 134 valence electrons. The normalized spacial score (nSPS) is 10.9. The van der Waals surface area contributed by atoms with Crippen LogP contribution in [-0.4, -0.2) is 15.0 Å². The molecule has 1 heterocycles. The molecule has 0 bridgehead atoms. The van der Waals surface area contributed by atoms with Crippen molar-refractivity contribution in [3.05, 3.63) is 73.3 Å². The molecular formula is C19H18BrN3O3. The van der Waals surface area contributed by atoms with Gasteiger partial charge in [-0.05, 0) is 49.7 Å². The number of benzene rings is 2. The predicted molar refractivity (Wildman–Crippen MR) is 106 cm³/mol. The van der Waals surface area contributed by atoms with Gasteiger partial charge in [-0.15, -0.1) is 0 Å². The highest BCUT2D eigenvalue weighted by Crippen LogP contribution is 2.20. The second-order valence-corrected chi connectivity index (χ2v) is 6.86. The Kier molecular flexibility index (Phi) is 5.08. The number of anilines is 1. The van der Waals surface area contributed by atoms with Gasteiger partial charge in [0.25, 0.3) is 5.56 Å². The van der Waals surface area contributed by atoms with E-state index in [-0.39, 0.29) is 6.54 Å². The number of amides is 1. The number of rotatable bonds is 4. The topological polar surface area (TPSA) is 73.1 Å². The molecule has 0 spiro atoms. The van der Waals surface area contributed by atoms with Crippen LogP contribution in [-0.2, 0) is 17.9 Å². The minimum Gasteiger partial charge on any atom is -0.324 e. The van der Waals surface area contributed by atoms with E-state index in [0.29, 0.717) is 23.1 Å². The Hall–Kier alpha value is -2.67. The van der Waals surface area contributed by atoms with Crippen molar-refractivity contribution in [2.24, 2.45) is 0 Å². The first-order valence-corrected chi connectivity index (χ1v) is 9.00. The molecule has 7 heteroatoms. The molecule has 0 radical (unpaired) electrons. The monoisotopic (exact) mass is 415 g/mol. The molecule has 0 atom stereocenters. The zero-order valence-corrected chi connectivity index (χ0v) is 16.0. The van der Waals surface area contributed by atoms with Crippen molar-refractivity contribution < 1.29 is 4.79 Å². The molecule has 0 aliphatic heterocycles. The first-order chi connectivity index (χ1) is 12.4. The summed E-state index contributed by atoms with van der Waals surface area (Å²) in [4.78, 5) is 37.8. The van der Waals surface area contributed by atoms with E-state index in [1.54, 1.807) is 30.3 Å². The van der Waals surface area contributed by atoms with Crippen molar-refractivity contribution in [2.45, 2.75) is 26.9 Å². The number of fused-ring (bicyclic) bond motifs is 1. The molecule has 0 saturated heterocycles. The van der Waals surface area contributed by atoms with Crippen LogP contribution in [0.15, 0.2) is 56.5 Å². The third kappa shape index (κ3) is 3.35. The van der Waals surface area contributed by atoms with Gasteiger partial charge < -0.3 is 5.32 Å². The zero-order valence-electron chi connectivity index (χ0n) is 14.5. The van der Waals surface area contributed by atoms with E-state index in [2.05, 4.69) is 21.2 Å². The highest BCUT2D eigenvalue weighted by molar-refractivity contribution is 9.10. The predicted octanol–water partition coefficient (Wildman–Crippen LogP) is 2.89. The molecule has 0 aliphatic carbocycles. The number of hydrogen-bond donors (Lipinski definition) is 1.